The first-order chi connectivity index (χ1) is 60.5. The van der Waals surface area contributed by atoms with Crippen LogP contribution in [0.5, 0.6) is 11.5 Å². The van der Waals surface area contributed by atoms with E-state index in [-0.39, 0.29) is 76.6 Å². The zero-order valence-electron chi connectivity index (χ0n) is 66.4. The average Bonchev–Trinajstić information content (AvgIpc) is 1.65. The van der Waals surface area contributed by atoms with E-state index in [0.717, 1.165) is 158 Å². The van der Waals surface area contributed by atoms with Crippen molar-refractivity contribution in [3.8, 4) is 11.5 Å². The number of pyridine rings is 4. The molecule has 8 N–H and O–H groups in total. The first-order valence-electron chi connectivity index (χ1n) is 37.7. The Bertz CT molecular complexity index is 5910. The number of amides is 8. The molecule has 8 aromatic heterocycles. The number of aromatic nitrogens is 8. The summed E-state index contributed by atoms with van der Waals surface area (Å²) < 4.78 is 198. The molecular weight excluding hydrogens is 1790 g/mol. The van der Waals surface area contributed by atoms with Gasteiger partial charge in [0.15, 0.2) is 22.8 Å². The van der Waals surface area contributed by atoms with Crippen LogP contribution in [-0.4, -0.2) is 106 Å². The maximum atomic E-state index is 12.9. The van der Waals surface area contributed by atoms with Crippen LogP contribution in [0.2, 0.25) is 0 Å². The van der Waals surface area contributed by atoms with Crippen molar-refractivity contribution in [1.82, 2.24) is 45.2 Å². The highest BCUT2D eigenvalue weighted by Crippen LogP contribution is 2.40. The van der Waals surface area contributed by atoms with Crippen molar-refractivity contribution in [2.75, 3.05) is 55.2 Å². The SMILES string of the molecule is CC(C)(C)C1CCC(NC(=O)c2ncsc2NC(=O)c2cncc(C(F)(F)F)c2)CC1.O=C(Nc1scnc1C(=O)Nc1ccc(C(F)(F)F)cc1)c1cncc(C(F)(F)F)c1.O=C(Nc1scnc1C(=O)Nc1ccc(N2CCCC2)cc1)c1cncc(C(F)(F)F)c1.O=C(Nc1scnc1C(=O)Nc1ccc(Oc2ccccc2)cc1)c1cncc(C(F)(F)F)c1. The zero-order valence-corrected chi connectivity index (χ0v) is 69.6. The van der Waals surface area contributed by atoms with Gasteiger partial charge in [0.25, 0.3) is 47.3 Å². The van der Waals surface area contributed by atoms with Crippen LogP contribution in [0.25, 0.3) is 0 Å². The molecule has 0 unspecified atom stereocenters. The summed E-state index contributed by atoms with van der Waals surface area (Å²) in [5.41, 5.74) is 1.01. The standard InChI is InChI=1S/C23H15F3N4O3S.C21H18F3N5O2S.C21H25F3N4O2S.C18H10F6N4O2S/c24-23(25,26)15-10-14(11-27-12-15)20(31)30-22-19(28-13-34-22)21(32)29-16-6-8-18(9-7-16)33-17-4-2-1-3-5-17;22-21(23,24)14-9-13(10-25-11-14)18(30)28-20-17(26-12-32-20)19(31)27-15-3-5-16(6-4-15)29-7-1-2-8-29;1-20(2,3)13-4-6-15(7-5-13)27-18(30)16-19(31-11-26-16)28-17(29)12-8-14(10-25-9-12)21(22,23)24;19-17(20,21)10-1-3-12(4-2-10)27-15(30)13-16(31-8-26-13)28-14(29)9-5-11(7-25-6-9)18(22,23)24/h1-13H,(H,29,32)(H,30,31);3-6,9-12H,1-2,7-8H2,(H,27,31)(H,28,30);8-11,13,15H,4-7H2,1-3H3,(H,27,30)(H,28,29);1-8H,(H,27,30)(H,28,29). The minimum Gasteiger partial charge on any atom is -0.457 e. The summed E-state index contributed by atoms with van der Waals surface area (Å²) >= 11 is 3.81. The molecule has 1 saturated carbocycles. The molecule has 12 aromatic rings. The van der Waals surface area contributed by atoms with Gasteiger partial charge in [-0.05, 0) is 159 Å². The molecule has 1 saturated heterocycles. The summed E-state index contributed by atoms with van der Waals surface area (Å²) in [4.78, 5) is 132. The predicted octanol–water partition coefficient (Wildman–Crippen LogP) is 20.7. The van der Waals surface area contributed by atoms with Crippen LogP contribution < -0.4 is 52.2 Å². The monoisotopic (exact) mass is 1860 g/mol. The molecule has 1 aliphatic carbocycles. The molecule has 8 amide bonds. The maximum Gasteiger partial charge on any atom is 0.417 e. The van der Waals surface area contributed by atoms with Crippen LogP contribution in [0.4, 0.5) is 109 Å². The molecule has 1 aliphatic heterocycles. The molecular formula is C83H68F15N17O9S4. The van der Waals surface area contributed by atoms with Crippen LogP contribution in [0, 0.1) is 11.3 Å². The number of carbonyl (C=O) groups excluding carboxylic acids is 8. The summed E-state index contributed by atoms with van der Waals surface area (Å²) in [6.45, 7) is 8.69. The van der Waals surface area contributed by atoms with Crippen molar-refractivity contribution in [2.45, 2.75) is 96.2 Å². The molecule has 0 bridgehead atoms. The molecule has 2 aliphatic rings. The van der Waals surface area contributed by atoms with Crippen LogP contribution in [0.3, 0.4) is 0 Å². The molecule has 4 aromatic carbocycles. The molecule has 0 atom stereocenters. The highest BCUT2D eigenvalue weighted by atomic mass is 32.1. The number of halogens is 15. The van der Waals surface area contributed by atoms with Gasteiger partial charge < -0.3 is 52.2 Å². The third-order valence-corrected chi connectivity index (χ3v) is 21.8. The number of thiazole rings is 4. The summed E-state index contributed by atoms with van der Waals surface area (Å²) in [7, 11) is 0. The average molecular weight is 1860 g/mol. The van der Waals surface area contributed by atoms with Crippen LogP contribution in [-0.2, 0) is 30.9 Å². The van der Waals surface area contributed by atoms with Gasteiger partial charge >= 0.3 is 30.9 Å². The lowest BCUT2D eigenvalue weighted by Gasteiger charge is -2.37. The number of carbonyl (C=O) groups is 8. The van der Waals surface area contributed by atoms with Gasteiger partial charge in [0.1, 0.15) is 31.5 Å². The van der Waals surface area contributed by atoms with E-state index in [1.165, 1.54) is 22.0 Å². The van der Waals surface area contributed by atoms with Gasteiger partial charge in [0.2, 0.25) is 0 Å². The first-order valence-corrected chi connectivity index (χ1v) is 41.2. The lowest BCUT2D eigenvalue weighted by molar-refractivity contribution is -0.138. The van der Waals surface area contributed by atoms with E-state index in [9.17, 15) is 104 Å². The van der Waals surface area contributed by atoms with Gasteiger partial charge in [-0.1, -0.05) is 39.0 Å². The third kappa shape index (κ3) is 26.5. The Morgan fingerprint density at radius 1 is 0.344 bits per heavy atom. The molecule has 26 nitrogen and oxygen atoms in total. The number of rotatable bonds is 19. The van der Waals surface area contributed by atoms with Crippen molar-refractivity contribution in [1.29, 1.82) is 0 Å². The second-order valence-corrected chi connectivity index (χ2v) is 32.2. The van der Waals surface area contributed by atoms with E-state index >= 15 is 0 Å². The lowest BCUT2D eigenvalue weighted by atomic mass is 9.71. The molecule has 0 radical (unpaired) electrons. The van der Waals surface area contributed by atoms with E-state index in [2.05, 4.69) is 108 Å². The second kappa shape index (κ2) is 41.2. The number of hydrogen-bond acceptors (Lipinski definition) is 22. The molecule has 9 heterocycles. The van der Waals surface area contributed by atoms with Gasteiger partial charge in [0.05, 0.1) is 72.1 Å². The number of ether oxygens (including phenoxy) is 1. The van der Waals surface area contributed by atoms with Crippen LogP contribution in [0.1, 0.15) is 170 Å². The Labute approximate surface area is 731 Å². The van der Waals surface area contributed by atoms with Gasteiger partial charge in [-0.15, -0.1) is 45.3 Å². The van der Waals surface area contributed by atoms with Crippen molar-refractivity contribution >= 4 is 135 Å². The molecule has 45 heteroatoms. The highest BCUT2D eigenvalue weighted by molar-refractivity contribution is 7.15. The molecule has 0 spiro atoms. The Morgan fingerprint density at radius 2 is 0.641 bits per heavy atom. The number of benzene rings is 4. The topological polar surface area (TPSA) is 348 Å². The van der Waals surface area contributed by atoms with Crippen molar-refractivity contribution in [3.63, 3.8) is 0 Å². The zero-order chi connectivity index (χ0) is 92.5. The molecule has 668 valence electrons. The summed E-state index contributed by atoms with van der Waals surface area (Å²) in [5.74, 6) is -3.95. The third-order valence-electron chi connectivity index (χ3n) is 18.8. The van der Waals surface area contributed by atoms with Crippen molar-refractivity contribution < 1.29 is 109 Å². The number of nitrogens with zero attached hydrogens (tertiary/aromatic N) is 9. The predicted molar refractivity (Wildman–Crippen MR) is 446 cm³/mol. The van der Waals surface area contributed by atoms with Gasteiger partial charge in [-0.2, -0.15) is 65.9 Å². The minimum absolute atomic E-state index is 0.0315. The Morgan fingerprint density at radius 3 is 0.953 bits per heavy atom. The molecule has 2 fully saturated rings. The summed E-state index contributed by atoms with van der Waals surface area (Å²) in [6, 6.07) is 29.6. The number of hydrogen-bond donors (Lipinski definition) is 8. The van der Waals surface area contributed by atoms with Crippen molar-refractivity contribution in [3.05, 3.63) is 272 Å². The largest absolute Gasteiger partial charge is 0.457 e. The Hall–Kier alpha value is -13.7. The second-order valence-electron chi connectivity index (χ2n) is 28.8. The van der Waals surface area contributed by atoms with Gasteiger partial charge in [-0.3, -0.25) is 58.3 Å². The fourth-order valence-corrected chi connectivity index (χ4v) is 14.9. The Balaban J connectivity index is 0.000000165. The number of alkyl halides is 15. The smallest absolute Gasteiger partial charge is 0.417 e. The fraction of sp³-hybridized carbons (Fsp3) is 0.229. The van der Waals surface area contributed by atoms with E-state index in [1.54, 1.807) is 36.4 Å². The number of nitrogens with one attached hydrogen (secondary N) is 8. The van der Waals surface area contributed by atoms with Gasteiger partial charge in [-0.25, -0.2) is 19.9 Å². The maximum absolute atomic E-state index is 12.9. The number of anilines is 8. The van der Waals surface area contributed by atoms with Gasteiger partial charge in [0, 0.05) is 91.5 Å². The summed E-state index contributed by atoms with van der Waals surface area (Å²) in [5, 5.41) is 20.6. The van der Waals surface area contributed by atoms with E-state index < -0.39 is 112 Å². The van der Waals surface area contributed by atoms with Crippen LogP contribution >= 0.6 is 45.3 Å². The van der Waals surface area contributed by atoms with Crippen molar-refractivity contribution in [2.24, 2.45) is 11.3 Å². The van der Waals surface area contributed by atoms with E-state index in [1.807, 2.05) is 42.5 Å². The highest BCUT2D eigenvalue weighted by Gasteiger charge is 2.38. The van der Waals surface area contributed by atoms with Crippen LogP contribution in [0.15, 0.2) is 199 Å². The number of para-hydroxylation sites is 1. The minimum atomic E-state index is -4.69. The molecule has 128 heavy (non-hydrogen) atoms. The quantitative estimate of drug-likeness (QED) is 0.0349. The summed E-state index contributed by atoms with van der Waals surface area (Å²) in [6.07, 6.45) is -10.5. The fourth-order valence-electron chi connectivity index (χ4n) is 12.2. The Kier molecular flexibility index (Phi) is 30.6. The van der Waals surface area contributed by atoms with E-state index in [0.29, 0.717) is 71.8 Å². The lowest BCUT2D eigenvalue weighted by Crippen LogP contribution is -2.39. The molecule has 14 rings (SSSR count). The van der Waals surface area contributed by atoms with E-state index in [4.69, 9.17) is 4.74 Å². The first kappa shape index (κ1) is 95.0. The normalized spacial score (nSPS) is 14.0.